The minimum Gasteiger partial charge on any atom is -0.398 e. The molecule has 1 aromatic carbocycles. The molecule has 0 fully saturated rings. The molecule has 0 unspecified atom stereocenters. The molecule has 72 valence electrons. The molecule has 13 heavy (non-hydrogen) atoms. The highest BCUT2D eigenvalue weighted by molar-refractivity contribution is 6.31. The van der Waals surface area contributed by atoms with Crippen LogP contribution in [0.4, 0.5) is 5.69 Å². The summed E-state index contributed by atoms with van der Waals surface area (Å²) >= 11 is 6.05. The second kappa shape index (κ2) is 4.01. The first-order chi connectivity index (χ1) is 6.11. The third kappa shape index (κ3) is 1.80. The van der Waals surface area contributed by atoms with Gasteiger partial charge in [0.05, 0.1) is 0 Å². The van der Waals surface area contributed by atoms with Crippen LogP contribution >= 0.6 is 11.6 Å². The van der Waals surface area contributed by atoms with Gasteiger partial charge in [0.15, 0.2) is 0 Å². The molecule has 0 radical (unpaired) electrons. The van der Waals surface area contributed by atoms with Crippen LogP contribution in [0.1, 0.15) is 30.5 Å². The van der Waals surface area contributed by atoms with Crippen molar-refractivity contribution >= 4 is 17.3 Å². The summed E-state index contributed by atoms with van der Waals surface area (Å²) in [5, 5.41) is 0.784. The zero-order valence-electron chi connectivity index (χ0n) is 8.45. The van der Waals surface area contributed by atoms with Crippen LogP contribution in [0.3, 0.4) is 0 Å². The van der Waals surface area contributed by atoms with Crippen LogP contribution in [0.15, 0.2) is 6.07 Å². The van der Waals surface area contributed by atoms with Crippen molar-refractivity contribution in [2.24, 2.45) is 0 Å². The Kier molecular flexibility index (Phi) is 3.21. The summed E-state index contributed by atoms with van der Waals surface area (Å²) in [5.74, 6) is 0. The van der Waals surface area contributed by atoms with E-state index in [1.807, 2.05) is 6.07 Å². The van der Waals surface area contributed by atoms with Gasteiger partial charge in [-0.25, -0.2) is 0 Å². The summed E-state index contributed by atoms with van der Waals surface area (Å²) in [5.41, 5.74) is 10.5. The van der Waals surface area contributed by atoms with Crippen LogP contribution < -0.4 is 5.73 Å². The van der Waals surface area contributed by atoms with Gasteiger partial charge in [0, 0.05) is 10.7 Å². The van der Waals surface area contributed by atoms with Crippen LogP contribution in [0.5, 0.6) is 0 Å². The molecule has 0 aromatic heterocycles. The number of hydrogen-bond donors (Lipinski definition) is 1. The minimum atomic E-state index is 0.784. The first kappa shape index (κ1) is 10.4. The van der Waals surface area contributed by atoms with Crippen LogP contribution in [0, 0.1) is 6.92 Å². The number of nitrogen functional groups attached to an aromatic ring is 1. The van der Waals surface area contributed by atoms with E-state index in [2.05, 4.69) is 20.8 Å². The number of benzene rings is 1. The molecule has 1 nitrogen and oxygen atoms in total. The van der Waals surface area contributed by atoms with Crippen molar-refractivity contribution in [3.8, 4) is 0 Å². The Morgan fingerprint density at radius 2 is 1.77 bits per heavy atom. The quantitative estimate of drug-likeness (QED) is 0.723. The first-order valence-electron chi connectivity index (χ1n) is 4.68. The van der Waals surface area contributed by atoms with Crippen molar-refractivity contribution in [1.29, 1.82) is 0 Å². The fraction of sp³-hybridized carbons (Fsp3) is 0.455. The summed E-state index contributed by atoms with van der Waals surface area (Å²) in [4.78, 5) is 0. The average molecular weight is 198 g/mol. The van der Waals surface area contributed by atoms with E-state index < -0.39 is 0 Å². The van der Waals surface area contributed by atoms with E-state index in [9.17, 15) is 0 Å². The predicted octanol–water partition coefficient (Wildman–Crippen LogP) is 3.36. The predicted molar refractivity (Wildman–Crippen MR) is 59.4 cm³/mol. The molecule has 2 heteroatoms. The lowest BCUT2D eigenvalue weighted by Crippen LogP contribution is -2.01. The van der Waals surface area contributed by atoms with E-state index in [0.717, 1.165) is 23.6 Å². The van der Waals surface area contributed by atoms with Crippen LogP contribution in [-0.4, -0.2) is 0 Å². The molecule has 1 rings (SSSR count). The summed E-state index contributed by atoms with van der Waals surface area (Å²) in [6.07, 6.45) is 1.98. The average Bonchev–Trinajstić information content (AvgIpc) is 2.10. The second-order valence-electron chi connectivity index (χ2n) is 3.24. The Morgan fingerprint density at radius 3 is 2.23 bits per heavy atom. The minimum absolute atomic E-state index is 0.784. The van der Waals surface area contributed by atoms with Gasteiger partial charge in [0.2, 0.25) is 0 Å². The molecule has 0 saturated heterocycles. The standard InChI is InChI=1S/C11H16ClN/c1-4-8-7(3)10(12)6-11(13)9(8)5-2/h6H,4-5,13H2,1-3H3. The molecule has 2 N–H and O–H groups in total. The van der Waals surface area contributed by atoms with Gasteiger partial charge < -0.3 is 5.73 Å². The maximum Gasteiger partial charge on any atom is 0.0458 e. The molecule has 1 aromatic rings. The van der Waals surface area contributed by atoms with E-state index in [0.29, 0.717) is 0 Å². The lowest BCUT2D eigenvalue weighted by Gasteiger charge is -2.13. The van der Waals surface area contributed by atoms with Crippen molar-refractivity contribution in [3.63, 3.8) is 0 Å². The zero-order chi connectivity index (χ0) is 10.0. The van der Waals surface area contributed by atoms with Crippen LogP contribution in [0.2, 0.25) is 5.02 Å². The van der Waals surface area contributed by atoms with Crippen molar-refractivity contribution in [1.82, 2.24) is 0 Å². The molecular weight excluding hydrogens is 182 g/mol. The van der Waals surface area contributed by atoms with Crippen molar-refractivity contribution in [2.45, 2.75) is 33.6 Å². The normalized spacial score (nSPS) is 10.5. The van der Waals surface area contributed by atoms with Gasteiger partial charge in [-0.1, -0.05) is 25.4 Å². The lowest BCUT2D eigenvalue weighted by molar-refractivity contribution is 1.02. The summed E-state index contributed by atoms with van der Waals surface area (Å²) < 4.78 is 0. The maximum absolute atomic E-state index is 6.05. The smallest absolute Gasteiger partial charge is 0.0458 e. The van der Waals surface area contributed by atoms with E-state index in [4.69, 9.17) is 17.3 Å². The molecule has 0 aliphatic heterocycles. The Hall–Kier alpha value is -0.690. The second-order valence-corrected chi connectivity index (χ2v) is 3.64. The first-order valence-corrected chi connectivity index (χ1v) is 5.05. The highest BCUT2D eigenvalue weighted by Crippen LogP contribution is 2.28. The van der Waals surface area contributed by atoms with Gasteiger partial charge >= 0.3 is 0 Å². The molecule has 0 aliphatic carbocycles. The van der Waals surface area contributed by atoms with E-state index in [-0.39, 0.29) is 0 Å². The molecule has 0 amide bonds. The summed E-state index contributed by atoms with van der Waals surface area (Å²) in [6.45, 7) is 6.31. The lowest BCUT2D eigenvalue weighted by atomic mass is 9.96. The summed E-state index contributed by atoms with van der Waals surface area (Å²) in [7, 11) is 0. The van der Waals surface area contributed by atoms with Gasteiger partial charge in [-0.2, -0.15) is 0 Å². The SMILES string of the molecule is CCc1c(N)cc(Cl)c(C)c1CC. The fourth-order valence-corrected chi connectivity index (χ4v) is 2.00. The molecule has 0 heterocycles. The zero-order valence-corrected chi connectivity index (χ0v) is 9.20. The van der Waals surface area contributed by atoms with Gasteiger partial charge in [-0.3, -0.25) is 0 Å². The van der Waals surface area contributed by atoms with Crippen molar-refractivity contribution in [3.05, 3.63) is 27.8 Å². The fourth-order valence-electron chi connectivity index (χ4n) is 1.77. The monoisotopic (exact) mass is 197 g/mol. The van der Waals surface area contributed by atoms with Crippen molar-refractivity contribution < 1.29 is 0 Å². The maximum atomic E-state index is 6.05. The molecule has 0 bridgehead atoms. The van der Waals surface area contributed by atoms with E-state index >= 15 is 0 Å². The van der Waals surface area contributed by atoms with Gasteiger partial charge in [0.25, 0.3) is 0 Å². The highest BCUT2D eigenvalue weighted by atomic mass is 35.5. The van der Waals surface area contributed by atoms with Gasteiger partial charge in [0.1, 0.15) is 0 Å². The highest BCUT2D eigenvalue weighted by Gasteiger charge is 2.09. The number of halogens is 1. The largest absolute Gasteiger partial charge is 0.398 e. The topological polar surface area (TPSA) is 26.0 Å². The third-order valence-corrected chi connectivity index (χ3v) is 2.91. The van der Waals surface area contributed by atoms with Gasteiger partial charge in [-0.15, -0.1) is 0 Å². The Balaban J connectivity index is 3.41. The molecule has 0 spiro atoms. The molecule has 0 atom stereocenters. The van der Waals surface area contributed by atoms with Crippen LogP contribution in [0.25, 0.3) is 0 Å². The Labute approximate surface area is 84.9 Å². The van der Waals surface area contributed by atoms with E-state index in [1.54, 1.807) is 0 Å². The van der Waals surface area contributed by atoms with Gasteiger partial charge in [-0.05, 0) is 42.5 Å². The molecule has 0 aliphatic rings. The number of hydrogen-bond acceptors (Lipinski definition) is 1. The Morgan fingerprint density at radius 1 is 1.23 bits per heavy atom. The molecule has 0 saturated carbocycles. The number of rotatable bonds is 2. The van der Waals surface area contributed by atoms with E-state index in [1.165, 1.54) is 16.7 Å². The van der Waals surface area contributed by atoms with Crippen molar-refractivity contribution in [2.75, 3.05) is 5.73 Å². The Bertz CT molecular complexity index is 318. The number of anilines is 1. The summed E-state index contributed by atoms with van der Waals surface area (Å²) in [6, 6.07) is 1.86. The van der Waals surface area contributed by atoms with Crippen LogP contribution in [-0.2, 0) is 12.8 Å². The molecular formula is C11H16ClN. The third-order valence-electron chi connectivity index (χ3n) is 2.51. The number of nitrogens with two attached hydrogens (primary N) is 1.